The number of benzene rings is 1. The minimum absolute atomic E-state index is 0.0390. The molecule has 0 heterocycles. The molecule has 1 aromatic rings. The second-order valence-electron chi connectivity index (χ2n) is 2.77. The molecule has 1 aromatic carbocycles. The van der Waals surface area contributed by atoms with Crippen LogP contribution in [0.25, 0.3) is 0 Å². The first kappa shape index (κ1) is 10.3. The third-order valence-electron chi connectivity index (χ3n) is 1.67. The number of phenolic OH excluding ortho intramolecular Hbond substituents is 1. The van der Waals surface area contributed by atoms with Gasteiger partial charge in [0, 0.05) is 11.8 Å². The number of rotatable bonds is 4. The summed E-state index contributed by atoms with van der Waals surface area (Å²) in [4.78, 5) is 10.5. The topological polar surface area (TPSA) is 89.8 Å². The summed E-state index contributed by atoms with van der Waals surface area (Å²) >= 11 is 0. The van der Waals surface area contributed by atoms with Crippen molar-refractivity contribution in [3.63, 3.8) is 0 Å². The zero-order valence-corrected chi connectivity index (χ0v) is 7.34. The van der Waals surface area contributed by atoms with Crippen LogP contribution in [-0.2, 0) is 4.79 Å². The van der Waals surface area contributed by atoms with E-state index >= 15 is 0 Å². The molecule has 0 bridgehead atoms. The highest BCUT2D eigenvalue weighted by Crippen LogP contribution is 2.15. The Bertz CT molecular complexity index is 326. The number of phenols is 1. The summed E-state index contributed by atoms with van der Waals surface area (Å²) in [5.74, 6) is -1.10. The maximum Gasteiger partial charge on any atom is 0.328 e. The van der Waals surface area contributed by atoms with Gasteiger partial charge >= 0.3 is 5.97 Å². The molecule has 5 heteroatoms. The molecule has 0 aromatic heterocycles. The van der Waals surface area contributed by atoms with Crippen molar-refractivity contribution >= 4 is 11.7 Å². The standard InChI is InChI=1S/C9H11NO4/c11-5-8(9(13)14)10-6-2-1-3-7(12)4-6/h1-4,8,10-12H,5H2,(H,13,14)/t8-/m0/s1. The predicted octanol–water partition coefficient (Wildman–Crippen LogP) is 0.250. The molecule has 0 radical (unpaired) electrons. The highest BCUT2D eigenvalue weighted by atomic mass is 16.4. The lowest BCUT2D eigenvalue weighted by atomic mass is 10.2. The van der Waals surface area contributed by atoms with Crippen LogP contribution in [0.3, 0.4) is 0 Å². The van der Waals surface area contributed by atoms with Crippen LogP contribution in [0.2, 0.25) is 0 Å². The Morgan fingerprint density at radius 2 is 2.21 bits per heavy atom. The molecule has 0 aliphatic heterocycles. The zero-order chi connectivity index (χ0) is 10.6. The number of aromatic hydroxyl groups is 1. The first-order valence-corrected chi connectivity index (χ1v) is 4.02. The Balaban J connectivity index is 2.72. The van der Waals surface area contributed by atoms with Crippen molar-refractivity contribution in [3.8, 4) is 5.75 Å². The van der Waals surface area contributed by atoms with Gasteiger partial charge in [-0.15, -0.1) is 0 Å². The number of nitrogens with one attached hydrogen (secondary N) is 1. The summed E-state index contributed by atoms with van der Waals surface area (Å²) in [7, 11) is 0. The zero-order valence-electron chi connectivity index (χ0n) is 7.34. The van der Waals surface area contributed by atoms with Crippen LogP contribution in [0, 0.1) is 0 Å². The lowest BCUT2D eigenvalue weighted by Gasteiger charge is -2.12. The first-order valence-electron chi connectivity index (χ1n) is 4.02. The summed E-state index contributed by atoms with van der Waals surface area (Å²) in [5, 5.41) is 29.0. The fraction of sp³-hybridized carbons (Fsp3) is 0.222. The molecule has 0 unspecified atom stereocenters. The molecule has 1 atom stereocenters. The van der Waals surface area contributed by atoms with Crippen LogP contribution in [-0.4, -0.2) is 33.9 Å². The van der Waals surface area contributed by atoms with Gasteiger partial charge in [0.25, 0.3) is 0 Å². The van der Waals surface area contributed by atoms with Gasteiger partial charge in [-0.3, -0.25) is 0 Å². The van der Waals surface area contributed by atoms with E-state index in [9.17, 15) is 4.79 Å². The van der Waals surface area contributed by atoms with Crippen molar-refractivity contribution in [1.29, 1.82) is 0 Å². The number of anilines is 1. The van der Waals surface area contributed by atoms with Gasteiger partial charge in [-0.25, -0.2) is 4.79 Å². The Morgan fingerprint density at radius 1 is 1.50 bits per heavy atom. The summed E-state index contributed by atoms with van der Waals surface area (Å²) in [5.41, 5.74) is 0.450. The van der Waals surface area contributed by atoms with E-state index in [1.54, 1.807) is 12.1 Å². The van der Waals surface area contributed by atoms with Crippen LogP contribution < -0.4 is 5.32 Å². The summed E-state index contributed by atoms with van der Waals surface area (Å²) < 4.78 is 0. The third kappa shape index (κ3) is 2.63. The van der Waals surface area contributed by atoms with Crippen LogP contribution >= 0.6 is 0 Å². The average Bonchev–Trinajstić information content (AvgIpc) is 2.14. The quantitative estimate of drug-likeness (QED) is 0.555. The van der Waals surface area contributed by atoms with Gasteiger partial charge in [0.05, 0.1) is 6.61 Å². The van der Waals surface area contributed by atoms with E-state index in [0.717, 1.165) is 0 Å². The number of carboxylic acid groups (broad SMARTS) is 1. The molecule has 0 aliphatic rings. The van der Waals surface area contributed by atoms with E-state index in [1.165, 1.54) is 12.1 Å². The van der Waals surface area contributed by atoms with Crippen LogP contribution in [0.15, 0.2) is 24.3 Å². The Kier molecular flexibility index (Phi) is 3.30. The first-order chi connectivity index (χ1) is 6.63. The van der Waals surface area contributed by atoms with Crippen LogP contribution in [0.4, 0.5) is 5.69 Å². The molecule has 0 fully saturated rings. The van der Waals surface area contributed by atoms with Gasteiger partial charge in [0.15, 0.2) is 0 Å². The number of carbonyl (C=O) groups is 1. The summed E-state index contributed by atoms with van der Waals surface area (Å²) in [6, 6.07) is 4.97. The summed E-state index contributed by atoms with van der Waals surface area (Å²) in [6.45, 7) is -0.509. The van der Waals surface area contributed by atoms with Crippen molar-refractivity contribution in [2.45, 2.75) is 6.04 Å². The smallest absolute Gasteiger partial charge is 0.328 e. The fourth-order valence-electron chi connectivity index (χ4n) is 0.982. The Labute approximate surface area is 80.6 Å². The van der Waals surface area contributed by atoms with Gasteiger partial charge in [-0.1, -0.05) is 6.07 Å². The predicted molar refractivity (Wildman–Crippen MR) is 50.2 cm³/mol. The molecule has 0 spiro atoms. The van der Waals surface area contributed by atoms with Crippen molar-refractivity contribution in [2.75, 3.05) is 11.9 Å². The normalized spacial score (nSPS) is 12.1. The number of hydrogen-bond acceptors (Lipinski definition) is 4. The number of aliphatic carboxylic acids is 1. The SMILES string of the molecule is O=C(O)[C@H](CO)Nc1cccc(O)c1. The Morgan fingerprint density at radius 3 is 2.71 bits per heavy atom. The second-order valence-corrected chi connectivity index (χ2v) is 2.77. The van der Waals surface area contributed by atoms with E-state index in [4.69, 9.17) is 15.3 Å². The lowest BCUT2D eigenvalue weighted by molar-refractivity contribution is -0.138. The molecular weight excluding hydrogens is 186 g/mol. The van der Waals surface area contributed by atoms with Crippen molar-refractivity contribution in [3.05, 3.63) is 24.3 Å². The van der Waals surface area contributed by atoms with E-state index in [-0.39, 0.29) is 5.75 Å². The molecule has 14 heavy (non-hydrogen) atoms. The molecule has 4 N–H and O–H groups in total. The lowest BCUT2D eigenvalue weighted by Crippen LogP contribution is -2.32. The molecule has 0 aliphatic carbocycles. The van der Waals surface area contributed by atoms with Gasteiger partial charge in [-0.2, -0.15) is 0 Å². The van der Waals surface area contributed by atoms with Gasteiger partial charge < -0.3 is 20.6 Å². The number of carboxylic acids is 1. The Hall–Kier alpha value is -1.75. The van der Waals surface area contributed by atoms with E-state index in [0.29, 0.717) is 5.69 Å². The highest BCUT2D eigenvalue weighted by Gasteiger charge is 2.15. The third-order valence-corrected chi connectivity index (χ3v) is 1.67. The molecule has 0 amide bonds. The van der Waals surface area contributed by atoms with Crippen molar-refractivity contribution < 1.29 is 20.1 Å². The van der Waals surface area contributed by atoms with E-state index in [1.807, 2.05) is 0 Å². The molecule has 1 rings (SSSR count). The van der Waals surface area contributed by atoms with Gasteiger partial charge in [0.1, 0.15) is 11.8 Å². The van der Waals surface area contributed by atoms with Crippen LogP contribution in [0.1, 0.15) is 0 Å². The molecule has 76 valence electrons. The second kappa shape index (κ2) is 4.48. The monoisotopic (exact) mass is 197 g/mol. The minimum Gasteiger partial charge on any atom is -0.508 e. The molecular formula is C9H11NO4. The largest absolute Gasteiger partial charge is 0.508 e. The molecule has 5 nitrogen and oxygen atoms in total. The number of hydrogen-bond donors (Lipinski definition) is 4. The highest BCUT2D eigenvalue weighted by molar-refractivity contribution is 5.77. The van der Waals surface area contributed by atoms with Gasteiger partial charge in [0.2, 0.25) is 0 Å². The van der Waals surface area contributed by atoms with Gasteiger partial charge in [-0.05, 0) is 12.1 Å². The maximum atomic E-state index is 10.5. The maximum absolute atomic E-state index is 10.5. The van der Waals surface area contributed by atoms with Crippen molar-refractivity contribution in [2.24, 2.45) is 0 Å². The molecule has 0 saturated carbocycles. The fourth-order valence-corrected chi connectivity index (χ4v) is 0.982. The average molecular weight is 197 g/mol. The molecule has 0 saturated heterocycles. The summed E-state index contributed by atoms with van der Waals surface area (Å²) in [6.07, 6.45) is 0. The number of aliphatic hydroxyl groups excluding tert-OH is 1. The van der Waals surface area contributed by atoms with E-state index < -0.39 is 18.6 Å². The van der Waals surface area contributed by atoms with Crippen LogP contribution in [0.5, 0.6) is 5.75 Å². The minimum atomic E-state index is -1.14. The van der Waals surface area contributed by atoms with E-state index in [2.05, 4.69) is 5.32 Å². The number of aliphatic hydroxyl groups is 1. The van der Waals surface area contributed by atoms with Crippen molar-refractivity contribution in [1.82, 2.24) is 0 Å².